The normalized spacial score (nSPS) is 16.8. The molecule has 1 aromatic rings. The molecule has 0 bridgehead atoms. The Morgan fingerprint density at radius 2 is 2.11 bits per heavy atom. The van der Waals surface area contributed by atoms with E-state index in [0.717, 1.165) is 25.3 Å². The molecule has 0 spiro atoms. The maximum atomic E-state index is 13.1. The van der Waals surface area contributed by atoms with Gasteiger partial charge in [-0.3, -0.25) is 4.72 Å². The fourth-order valence-electron chi connectivity index (χ4n) is 1.53. The van der Waals surface area contributed by atoms with Crippen LogP contribution in [0.15, 0.2) is 28.8 Å². The van der Waals surface area contributed by atoms with Gasteiger partial charge in [-0.1, -0.05) is 0 Å². The van der Waals surface area contributed by atoms with Gasteiger partial charge in [0.25, 0.3) is 10.0 Å². The third-order valence-electron chi connectivity index (χ3n) is 2.35. The smallest absolute Gasteiger partial charge is 0.359 e. The molecule has 1 aromatic carbocycles. The van der Waals surface area contributed by atoms with Crippen LogP contribution in [-0.2, 0) is 19.6 Å². The number of nitrogens with one attached hydrogen (secondary N) is 1. The van der Waals surface area contributed by atoms with E-state index in [1.165, 1.54) is 0 Å². The third kappa shape index (κ3) is 1.80. The Hall–Kier alpha value is -2.09. The van der Waals surface area contributed by atoms with Gasteiger partial charge in [0, 0.05) is 5.56 Å². The van der Waals surface area contributed by atoms with Crippen LogP contribution in [0.3, 0.4) is 0 Å². The van der Waals surface area contributed by atoms with Gasteiger partial charge in [0.05, 0.1) is 12.0 Å². The van der Waals surface area contributed by atoms with Gasteiger partial charge in [-0.2, -0.15) is 0 Å². The van der Waals surface area contributed by atoms with Crippen molar-refractivity contribution in [2.75, 3.05) is 7.11 Å². The van der Waals surface area contributed by atoms with Gasteiger partial charge < -0.3 is 9.84 Å². The minimum absolute atomic E-state index is 0.283. The van der Waals surface area contributed by atoms with Crippen LogP contribution >= 0.6 is 0 Å². The minimum atomic E-state index is -4.03. The number of methoxy groups -OCH3 is 1. The van der Waals surface area contributed by atoms with E-state index in [1.807, 2.05) is 4.72 Å². The quantitative estimate of drug-likeness (QED) is 0.727. The van der Waals surface area contributed by atoms with Gasteiger partial charge in [-0.15, -0.1) is 0 Å². The summed E-state index contributed by atoms with van der Waals surface area (Å²) in [7, 11) is -3.01. The molecule has 0 unspecified atom stereocenters. The first-order valence-electron chi connectivity index (χ1n) is 4.71. The molecule has 1 heterocycles. The zero-order chi connectivity index (χ0) is 13.5. The van der Waals surface area contributed by atoms with Crippen LogP contribution < -0.4 is 4.72 Å². The van der Waals surface area contributed by atoms with Crippen molar-refractivity contribution in [1.82, 2.24) is 4.72 Å². The summed E-state index contributed by atoms with van der Waals surface area (Å²) in [6.45, 7) is 0. The lowest BCUT2D eigenvalue weighted by molar-refractivity contribution is -0.136. The number of halogens is 1. The number of carbonyl (C=O) groups is 1. The number of benzene rings is 1. The van der Waals surface area contributed by atoms with Gasteiger partial charge in [-0.25, -0.2) is 17.6 Å². The molecule has 96 valence electrons. The van der Waals surface area contributed by atoms with Crippen molar-refractivity contribution in [2.45, 2.75) is 4.90 Å². The van der Waals surface area contributed by atoms with Crippen LogP contribution in [0.2, 0.25) is 0 Å². The molecule has 2 rings (SSSR count). The summed E-state index contributed by atoms with van der Waals surface area (Å²) in [6.07, 6.45) is 0. The number of sulfonamides is 1. The number of hydrogen-bond acceptors (Lipinski definition) is 5. The summed E-state index contributed by atoms with van der Waals surface area (Å²) in [6, 6.07) is 2.76. The van der Waals surface area contributed by atoms with Crippen molar-refractivity contribution in [3.63, 3.8) is 0 Å². The number of esters is 1. The molecule has 0 amide bonds. The Morgan fingerprint density at radius 3 is 2.72 bits per heavy atom. The zero-order valence-corrected chi connectivity index (χ0v) is 9.91. The second-order valence-electron chi connectivity index (χ2n) is 3.46. The van der Waals surface area contributed by atoms with Crippen molar-refractivity contribution in [2.24, 2.45) is 0 Å². The highest BCUT2D eigenvalue weighted by Gasteiger charge is 2.33. The Bertz CT molecular complexity index is 665. The number of ether oxygens (including phenoxy) is 1. The van der Waals surface area contributed by atoms with E-state index < -0.39 is 33.3 Å². The van der Waals surface area contributed by atoms with Gasteiger partial charge in [0.2, 0.25) is 0 Å². The summed E-state index contributed by atoms with van der Waals surface area (Å²) < 4.78 is 42.8. The molecule has 2 N–H and O–H groups in total. The molecular formula is C10H8FNO5S. The molecule has 0 saturated carbocycles. The van der Waals surface area contributed by atoms with E-state index in [2.05, 4.69) is 4.74 Å². The standard InChI is InChI=1S/C10H8FNO5S/c1-17-10(14)8-9(13)6-4-5(11)2-3-7(6)18(15,16)12-8/h2-4,12-13H,1H3. The number of aliphatic hydroxyl groups is 1. The second kappa shape index (κ2) is 3.98. The van der Waals surface area contributed by atoms with E-state index in [9.17, 15) is 22.7 Å². The summed E-state index contributed by atoms with van der Waals surface area (Å²) in [4.78, 5) is 11.0. The Labute approximate surface area is 102 Å². The summed E-state index contributed by atoms with van der Waals surface area (Å²) in [5, 5.41) is 9.76. The molecule has 0 aliphatic carbocycles. The second-order valence-corrected chi connectivity index (χ2v) is 5.11. The summed E-state index contributed by atoms with van der Waals surface area (Å²) in [5.74, 6) is -2.47. The molecular weight excluding hydrogens is 265 g/mol. The summed E-state index contributed by atoms with van der Waals surface area (Å²) >= 11 is 0. The monoisotopic (exact) mass is 273 g/mol. The lowest BCUT2D eigenvalue weighted by Crippen LogP contribution is -2.33. The molecule has 0 fully saturated rings. The molecule has 1 aliphatic heterocycles. The van der Waals surface area contributed by atoms with Crippen LogP contribution in [0.25, 0.3) is 5.76 Å². The van der Waals surface area contributed by atoms with Crippen molar-refractivity contribution in [1.29, 1.82) is 0 Å². The van der Waals surface area contributed by atoms with E-state index in [4.69, 9.17) is 0 Å². The molecule has 0 atom stereocenters. The van der Waals surface area contributed by atoms with Crippen LogP contribution in [0.4, 0.5) is 4.39 Å². The molecule has 8 heteroatoms. The first-order chi connectivity index (χ1) is 8.36. The predicted octanol–water partition coefficient (Wildman–Crippen LogP) is 0.517. The van der Waals surface area contributed by atoms with E-state index >= 15 is 0 Å². The Balaban J connectivity index is 2.75. The highest BCUT2D eigenvalue weighted by atomic mass is 32.2. The topological polar surface area (TPSA) is 92.7 Å². The van der Waals surface area contributed by atoms with Gasteiger partial charge >= 0.3 is 5.97 Å². The SMILES string of the molecule is COC(=O)C1=C(O)c2cc(F)ccc2S(=O)(=O)N1. The first-order valence-corrected chi connectivity index (χ1v) is 6.19. The third-order valence-corrected chi connectivity index (χ3v) is 3.76. The van der Waals surface area contributed by atoms with Crippen molar-refractivity contribution < 1.29 is 27.4 Å². The largest absolute Gasteiger partial charge is 0.505 e. The van der Waals surface area contributed by atoms with Crippen LogP contribution in [0.5, 0.6) is 0 Å². The lowest BCUT2D eigenvalue weighted by Gasteiger charge is -2.19. The van der Waals surface area contributed by atoms with Crippen LogP contribution in [0.1, 0.15) is 5.56 Å². The van der Waals surface area contributed by atoms with Crippen LogP contribution in [-0.4, -0.2) is 26.6 Å². The highest BCUT2D eigenvalue weighted by Crippen LogP contribution is 2.29. The Kier molecular flexibility index (Phi) is 2.74. The van der Waals surface area contributed by atoms with Crippen LogP contribution in [0, 0.1) is 5.82 Å². The van der Waals surface area contributed by atoms with Crippen molar-refractivity contribution in [3.05, 3.63) is 35.3 Å². The Morgan fingerprint density at radius 1 is 1.44 bits per heavy atom. The number of fused-ring (bicyclic) bond motifs is 1. The number of rotatable bonds is 1. The fraction of sp³-hybridized carbons (Fsp3) is 0.100. The highest BCUT2D eigenvalue weighted by molar-refractivity contribution is 7.89. The fourth-order valence-corrected chi connectivity index (χ4v) is 2.79. The molecule has 18 heavy (non-hydrogen) atoms. The average molecular weight is 273 g/mol. The maximum absolute atomic E-state index is 13.1. The molecule has 0 radical (unpaired) electrons. The van der Waals surface area contributed by atoms with E-state index in [1.54, 1.807) is 0 Å². The molecule has 1 aliphatic rings. The number of carbonyl (C=O) groups excluding carboxylic acids is 1. The van der Waals surface area contributed by atoms with E-state index in [0.29, 0.717) is 0 Å². The maximum Gasteiger partial charge on any atom is 0.359 e. The number of hydrogen-bond donors (Lipinski definition) is 2. The molecule has 0 saturated heterocycles. The minimum Gasteiger partial charge on any atom is -0.505 e. The van der Waals surface area contributed by atoms with Gasteiger partial charge in [-0.05, 0) is 18.2 Å². The lowest BCUT2D eigenvalue weighted by atomic mass is 10.1. The first kappa shape index (κ1) is 12.4. The van der Waals surface area contributed by atoms with Gasteiger partial charge in [0.15, 0.2) is 11.5 Å². The van der Waals surface area contributed by atoms with Crippen molar-refractivity contribution in [3.8, 4) is 0 Å². The van der Waals surface area contributed by atoms with Gasteiger partial charge in [0.1, 0.15) is 5.82 Å². The predicted molar refractivity (Wildman–Crippen MR) is 58.3 cm³/mol. The average Bonchev–Trinajstić information content (AvgIpc) is 2.32. The summed E-state index contributed by atoms with van der Waals surface area (Å²) in [5.41, 5.74) is -0.926. The van der Waals surface area contributed by atoms with Crippen molar-refractivity contribution >= 4 is 21.8 Å². The number of aliphatic hydroxyl groups excluding tert-OH is 1. The zero-order valence-electron chi connectivity index (χ0n) is 9.10. The molecule has 0 aromatic heterocycles. The molecule has 6 nitrogen and oxygen atoms in total. The van der Waals surface area contributed by atoms with E-state index in [-0.39, 0.29) is 10.5 Å².